The van der Waals surface area contributed by atoms with E-state index in [0.29, 0.717) is 24.9 Å². The maximum absolute atomic E-state index is 12.7. The standard InChI is InChI=1S/C13H24N2O2S/c1-15(3-2-14)18(16,17)13-11-5-9-4-10(7-11)8-12(13)6-9/h9-13H,2-8,14H2,1H3. The molecule has 0 heterocycles. The Hall–Kier alpha value is -0.130. The highest BCUT2D eigenvalue weighted by Crippen LogP contribution is 2.55. The van der Waals surface area contributed by atoms with Crippen LogP contribution in [0, 0.1) is 23.7 Å². The molecule has 0 radical (unpaired) electrons. The molecule has 4 saturated carbocycles. The average molecular weight is 272 g/mol. The topological polar surface area (TPSA) is 63.4 Å². The van der Waals surface area contributed by atoms with Crippen molar-refractivity contribution in [2.75, 3.05) is 20.1 Å². The van der Waals surface area contributed by atoms with E-state index < -0.39 is 10.0 Å². The number of hydrogen-bond acceptors (Lipinski definition) is 3. The molecule has 104 valence electrons. The van der Waals surface area contributed by atoms with E-state index >= 15 is 0 Å². The van der Waals surface area contributed by atoms with Crippen LogP contribution in [0.4, 0.5) is 0 Å². The van der Waals surface area contributed by atoms with Gasteiger partial charge in [-0.05, 0) is 55.8 Å². The molecular formula is C13H24N2O2S. The first-order valence-electron chi connectivity index (χ1n) is 7.17. The molecule has 0 saturated heterocycles. The Kier molecular flexibility index (Phi) is 3.19. The van der Waals surface area contributed by atoms with Crippen LogP contribution in [0.2, 0.25) is 0 Å². The number of nitrogens with two attached hydrogens (primary N) is 1. The van der Waals surface area contributed by atoms with E-state index in [1.807, 2.05) is 0 Å². The fraction of sp³-hybridized carbons (Fsp3) is 1.00. The first-order chi connectivity index (χ1) is 8.52. The molecule has 0 unspecified atom stereocenters. The van der Waals surface area contributed by atoms with E-state index in [1.165, 1.54) is 10.7 Å². The molecule has 18 heavy (non-hydrogen) atoms. The Labute approximate surface area is 110 Å². The van der Waals surface area contributed by atoms with Crippen LogP contribution in [0.1, 0.15) is 32.1 Å². The maximum Gasteiger partial charge on any atom is 0.217 e. The van der Waals surface area contributed by atoms with E-state index in [1.54, 1.807) is 7.05 Å². The van der Waals surface area contributed by atoms with Crippen LogP contribution in [-0.4, -0.2) is 38.1 Å². The van der Waals surface area contributed by atoms with Gasteiger partial charge in [-0.3, -0.25) is 0 Å². The Balaban J connectivity index is 1.84. The number of likely N-dealkylation sites (N-methyl/N-ethyl adjacent to an activating group) is 1. The normalized spacial score (nSPS) is 42.7. The Morgan fingerprint density at radius 2 is 1.56 bits per heavy atom. The third-order valence-electron chi connectivity index (χ3n) is 5.36. The maximum atomic E-state index is 12.7. The van der Waals surface area contributed by atoms with E-state index in [0.717, 1.165) is 37.5 Å². The summed E-state index contributed by atoms with van der Waals surface area (Å²) in [6, 6.07) is 0. The van der Waals surface area contributed by atoms with Crippen LogP contribution < -0.4 is 5.73 Å². The Morgan fingerprint density at radius 3 is 2.00 bits per heavy atom. The average Bonchev–Trinajstić information content (AvgIpc) is 2.27. The first kappa shape index (κ1) is 12.9. The van der Waals surface area contributed by atoms with Crippen molar-refractivity contribution in [3.8, 4) is 0 Å². The third kappa shape index (κ3) is 1.91. The van der Waals surface area contributed by atoms with Crippen molar-refractivity contribution in [3.05, 3.63) is 0 Å². The molecule has 0 aromatic carbocycles. The molecule has 0 aromatic rings. The summed E-state index contributed by atoms with van der Waals surface area (Å²) >= 11 is 0. The van der Waals surface area contributed by atoms with Gasteiger partial charge in [0, 0.05) is 20.1 Å². The van der Waals surface area contributed by atoms with Crippen LogP contribution in [0.3, 0.4) is 0 Å². The second kappa shape index (κ2) is 4.46. The van der Waals surface area contributed by atoms with E-state index in [4.69, 9.17) is 5.73 Å². The fourth-order valence-electron chi connectivity index (χ4n) is 4.88. The van der Waals surface area contributed by atoms with Gasteiger partial charge in [-0.2, -0.15) is 0 Å². The smallest absolute Gasteiger partial charge is 0.217 e. The van der Waals surface area contributed by atoms with Crippen molar-refractivity contribution < 1.29 is 8.42 Å². The highest BCUT2D eigenvalue weighted by atomic mass is 32.2. The molecule has 0 atom stereocenters. The van der Waals surface area contributed by atoms with Crippen molar-refractivity contribution >= 4 is 10.0 Å². The van der Waals surface area contributed by atoms with Gasteiger partial charge in [0.2, 0.25) is 10.0 Å². The van der Waals surface area contributed by atoms with E-state index in [9.17, 15) is 8.42 Å². The molecule has 0 aliphatic heterocycles. The predicted molar refractivity (Wildman–Crippen MR) is 71.4 cm³/mol. The number of nitrogens with zero attached hydrogens (tertiary/aromatic N) is 1. The second-order valence-electron chi connectivity index (χ2n) is 6.55. The largest absolute Gasteiger partial charge is 0.329 e. The fourth-order valence-corrected chi connectivity index (χ4v) is 7.07. The number of sulfonamides is 1. The zero-order valence-corrected chi connectivity index (χ0v) is 11.9. The van der Waals surface area contributed by atoms with Gasteiger partial charge in [-0.25, -0.2) is 12.7 Å². The van der Waals surface area contributed by atoms with Gasteiger partial charge in [-0.15, -0.1) is 0 Å². The molecule has 4 aliphatic rings. The van der Waals surface area contributed by atoms with Gasteiger partial charge < -0.3 is 5.73 Å². The summed E-state index contributed by atoms with van der Waals surface area (Å²) in [5.74, 6) is 2.48. The van der Waals surface area contributed by atoms with Gasteiger partial charge in [0.15, 0.2) is 0 Å². The first-order valence-corrected chi connectivity index (χ1v) is 8.68. The lowest BCUT2D eigenvalue weighted by Gasteiger charge is -2.54. The molecule has 4 aliphatic carbocycles. The van der Waals surface area contributed by atoms with Crippen LogP contribution in [-0.2, 0) is 10.0 Å². The van der Waals surface area contributed by atoms with Gasteiger partial charge in [0.05, 0.1) is 5.25 Å². The molecule has 4 rings (SSSR count). The van der Waals surface area contributed by atoms with Crippen molar-refractivity contribution in [1.82, 2.24) is 4.31 Å². The van der Waals surface area contributed by atoms with Crippen LogP contribution >= 0.6 is 0 Å². The molecule has 0 spiro atoms. The monoisotopic (exact) mass is 272 g/mol. The zero-order valence-electron chi connectivity index (χ0n) is 11.1. The SMILES string of the molecule is CN(CCN)S(=O)(=O)C1C2CC3CC(C2)CC1C3. The number of hydrogen-bond donors (Lipinski definition) is 1. The number of rotatable bonds is 4. The summed E-state index contributed by atoms with van der Waals surface area (Å²) in [6.07, 6.45) is 5.94. The van der Waals surface area contributed by atoms with Gasteiger partial charge in [0.25, 0.3) is 0 Å². The minimum Gasteiger partial charge on any atom is -0.329 e. The summed E-state index contributed by atoms with van der Waals surface area (Å²) in [7, 11) is -1.45. The van der Waals surface area contributed by atoms with Gasteiger partial charge in [-0.1, -0.05) is 0 Å². The quantitative estimate of drug-likeness (QED) is 0.831. The van der Waals surface area contributed by atoms with Crippen molar-refractivity contribution in [2.24, 2.45) is 29.4 Å². The van der Waals surface area contributed by atoms with Crippen molar-refractivity contribution in [2.45, 2.75) is 37.4 Å². The van der Waals surface area contributed by atoms with Crippen molar-refractivity contribution in [3.63, 3.8) is 0 Å². The lowest BCUT2D eigenvalue weighted by Crippen LogP contribution is -2.55. The van der Waals surface area contributed by atoms with Gasteiger partial charge in [0.1, 0.15) is 0 Å². The summed E-state index contributed by atoms with van der Waals surface area (Å²) in [4.78, 5) is 0. The summed E-state index contributed by atoms with van der Waals surface area (Å²) in [6.45, 7) is 0.855. The molecule has 4 fully saturated rings. The van der Waals surface area contributed by atoms with Gasteiger partial charge >= 0.3 is 0 Å². The summed E-state index contributed by atoms with van der Waals surface area (Å²) < 4.78 is 26.9. The lowest BCUT2D eigenvalue weighted by atomic mass is 9.56. The van der Waals surface area contributed by atoms with E-state index in [-0.39, 0.29) is 5.25 Å². The molecule has 0 amide bonds. The predicted octanol–water partition coefficient (Wildman–Crippen LogP) is 1.03. The molecule has 4 bridgehead atoms. The Bertz CT molecular complexity index is 393. The third-order valence-corrected chi connectivity index (χ3v) is 7.87. The highest BCUT2D eigenvalue weighted by Gasteiger charge is 2.53. The van der Waals surface area contributed by atoms with E-state index in [2.05, 4.69) is 0 Å². The molecule has 5 heteroatoms. The zero-order chi connectivity index (χ0) is 12.9. The minimum atomic E-state index is -3.13. The van der Waals surface area contributed by atoms with Crippen LogP contribution in [0.15, 0.2) is 0 Å². The summed E-state index contributed by atoms with van der Waals surface area (Å²) in [5, 5.41) is -0.109. The molecule has 0 aromatic heterocycles. The van der Waals surface area contributed by atoms with Crippen LogP contribution in [0.5, 0.6) is 0 Å². The minimum absolute atomic E-state index is 0.109. The molecule has 4 nitrogen and oxygen atoms in total. The molecule has 2 N–H and O–H groups in total. The van der Waals surface area contributed by atoms with Crippen LogP contribution in [0.25, 0.3) is 0 Å². The Morgan fingerprint density at radius 1 is 1.06 bits per heavy atom. The highest BCUT2D eigenvalue weighted by molar-refractivity contribution is 7.89. The molecular weight excluding hydrogens is 248 g/mol. The van der Waals surface area contributed by atoms with Crippen molar-refractivity contribution in [1.29, 1.82) is 0 Å². The second-order valence-corrected chi connectivity index (χ2v) is 8.75. The lowest BCUT2D eigenvalue weighted by molar-refractivity contribution is 0.0223. The summed E-state index contributed by atoms with van der Waals surface area (Å²) in [5.41, 5.74) is 5.49.